The van der Waals surface area contributed by atoms with E-state index in [0.29, 0.717) is 39.3 Å². The van der Waals surface area contributed by atoms with E-state index in [2.05, 4.69) is 5.32 Å². The number of carboxylic acids is 1. The Hall–Kier alpha value is -1.34. The summed E-state index contributed by atoms with van der Waals surface area (Å²) in [7, 11) is 1.62. The Bertz CT molecular complexity index is 324. The molecule has 7 heteroatoms. The van der Waals surface area contributed by atoms with Gasteiger partial charge in [0.15, 0.2) is 0 Å². The maximum Gasteiger partial charge on any atom is 0.317 e. The zero-order valence-corrected chi connectivity index (χ0v) is 12.1. The smallest absolute Gasteiger partial charge is 0.317 e. The minimum absolute atomic E-state index is 0.196. The number of aliphatic carboxylic acids is 1. The first-order valence-corrected chi connectivity index (χ1v) is 6.92. The number of hydrogen-bond acceptors (Lipinski definition) is 4. The molecule has 2 atom stereocenters. The Balaban J connectivity index is 2.16. The zero-order valence-electron chi connectivity index (χ0n) is 12.1. The van der Waals surface area contributed by atoms with Gasteiger partial charge in [0.2, 0.25) is 0 Å². The number of rotatable bonds is 8. The van der Waals surface area contributed by atoms with Crippen LogP contribution in [0.4, 0.5) is 4.79 Å². The minimum atomic E-state index is -0.834. The first-order chi connectivity index (χ1) is 9.57. The van der Waals surface area contributed by atoms with Gasteiger partial charge in [0, 0.05) is 32.8 Å². The van der Waals surface area contributed by atoms with Crippen LogP contribution in [-0.4, -0.2) is 68.1 Å². The molecule has 0 aromatic carbocycles. The van der Waals surface area contributed by atoms with Crippen molar-refractivity contribution in [3.8, 4) is 0 Å². The van der Waals surface area contributed by atoms with Crippen molar-refractivity contribution in [1.82, 2.24) is 10.2 Å². The van der Waals surface area contributed by atoms with Crippen molar-refractivity contribution >= 4 is 12.0 Å². The van der Waals surface area contributed by atoms with E-state index in [-0.39, 0.29) is 12.1 Å². The molecule has 2 N–H and O–H groups in total. The van der Waals surface area contributed by atoms with Crippen molar-refractivity contribution in [2.75, 3.05) is 40.0 Å². The highest BCUT2D eigenvalue weighted by atomic mass is 16.5. The summed E-state index contributed by atoms with van der Waals surface area (Å²) in [5, 5.41) is 11.8. The molecular formula is C13H24N2O5. The fraction of sp³-hybridized carbons (Fsp3) is 0.846. The molecule has 2 unspecified atom stereocenters. The summed E-state index contributed by atoms with van der Waals surface area (Å²) in [6.07, 6.45) is 1.24. The number of amides is 2. The molecule has 1 fully saturated rings. The van der Waals surface area contributed by atoms with Crippen LogP contribution in [-0.2, 0) is 14.3 Å². The second kappa shape index (κ2) is 8.76. The van der Waals surface area contributed by atoms with Gasteiger partial charge >= 0.3 is 12.0 Å². The molecule has 0 radical (unpaired) electrons. The monoisotopic (exact) mass is 288 g/mol. The third-order valence-electron chi connectivity index (χ3n) is 3.51. The van der Waals surface area contributed by atoms with Crippen LogP contribution in [0, 0.1) is 5.92 Å². The van der Waals surface area contributed by atoms with Gasteiger partial charge in [-0.3, -0.25) is 4.79 Å². The maximum absolute atomic E-state index is 11.9. The summed E-state index contributed by atoms with van der Waals surface area (Å²) in [6.45, 7) is 4.47. The lowest BCUT2D eigenvalue weighted by Crippen LogP contribution is -2.44. The van der Waals surface area contributed by atoms with Crippen molar-refractivity contribution in [2.45, 2.75) is 25.8 Å². The lowest BCUT2D eigenvalue weighted by molar-refractivity contribution is -0.142. The van der Waals surface area contributed by atoms with Crippen LogP contribution in [0.1, 0.15) is 19.8 Å². The predicted octanol–water partition coefficient (Wildman–Crippen LogP) is 0.544. The van der Waals surface area contributed by atoms with Crippen LogP contribution < -0.4 is 5.32 Å². The molecule has 0 spiro atoms. The highest BCUT2D eigenvalue weighted by molar-refractivity contribution is 5.78. The van der Waals surface area contributed by atoms with Gasteiger partial charge in [-0.05, 0) is 19.8 Å². The van der Waals surface area contributed by atoms with E-state index in [0.717, 1.165) is 6.42 Å². The number of nitrogens with one attached hydrogen (secondary N) is 1. The third kappa shape index (κ3) is 4.97. The van der Waals surface area contributed by atoms with Crippen LogP contribution in [0.25, 0.3) is 0 Å². The van der Waals surface area contributed by atoms with Gasteiger partial charge in [-0.1, -0.05) is 0 Å². The Labute approximate surface area is 119 Å². The normalized spacial score (nSPS) is 22.0. The van der Waals surface area contributed by atoms with E-state index >= 15 is 0 Å². The molecule has 2 amide bonds. The van der Waals surface area contributed by atoms with Crippen LogP contribution in [0.5, 0.6) is 0 Å². The van der Waals surface area contributed by atoms with Crippen LogP contribution in [0.2, 0.25) is 0 Å². The minimum Gasteiger partial charge on any atom is -0.481 e. The molecule has 1 saturated heterocycles. The summed E-state index contributed by atoms with van der Waals surface area (Å²) >= 11 is 0. The number of methoxy groups -OCH3 is 1. The molecule has 1 aliphatic heterocycles. The molecule has 0 aromatic heterocycles. The van der Waals surface area contributed by atoms with Crippen molar-refractivity contribution in [3.63, 3.8) is 0 Å². The molecule has 0 aromatic rings. The quantitative estimate of drug-likeness (QED) is 0.637. The van der Waals surface area contributed by atoms with E-state index in [1.54, 1.807) is 18.9 Å². The van der Waals surface area contributed by atoms with Crippen molar-refractivity contribution in [2.24, 2.45) is 5.92 Å². The number of nitrogens with zero attached hydrogens (tertiary/aromatic N) is 1. The average molecular weight is 288 g/mol. The summed E-state index contributed by atoms with van der Waals surface area (Å²) in [6, 6.07) is -0.455. The lowest BCUT2D eigenvalue weighted by Gasteiger charge is -2.23. The predicted molar refractivity (Wildman–Crippen MR) is 72.6 cm³/mol. The molecule has 0 saturated carbocycles. The van der Waals surface area contributed by atoms with Crippen molar-refractivity contribution in [3.05, 3.63) is 0 Å². The second-order valence-corrected chi connectivity index (χ2v) is 4.86. The van der Waals surface area contributed by atoms with Gasteiger partial charge in [-0.15, -0.1) is 0 Å². The number of carbonyl (C=O) groups is 2. The number of likely N-dealkylation sites (tertiary alicyclic amines) is 1. The Morgan fingerprint density at radius 3 is 2.70 bits per heavy atom. The van der Waals surface area contributed by atoms with Gasteiger partial charge in [0.05, 0.1) is 19.1 Å². The second-order valence-electron chi connectivity index (χ2n) is 4.86. The number of carboxylic acid groups (broad SMARTS) is 1. The Morgan fingerprint density at radius 2 is 2.10 bits per heavy atom. The van der Waals surface area contributed by atoms with E-state index in [1.165, 1.54) is 0 Å². The summed E-state index contributed by atoms with van der Waals surface area (Å²) in [4.78, 5) is 24.5. The summed E-state index contributed by atoms with van der Waals surface area (Å²) in [5.74, 6) is -1.29. The first-order valence-electron chi connectivity index (χ1n) is 6.92. The van der Waals surface area contributed by atoms with Crippen molar-refractivity contribution < 1.29 is 24.2 Å². The highest BCUT2D eigenvalue weighted by Crippen LogP contribution is 2.24. The van der Waals surface area contributed by atoms with Gasteiger partial charge < -0.3 is 24.8 Å². The first kappa shape index (κ1) is 16.7. The maximum atomic E-state index is 11.9. The number of carbonyl (C=O) groups excluding carboxylic acids is 1. The molecule has 20 heavy (non-hydrogen) atoms. The summed E-state index contributed by atoms with van der Waals surface area (Å²) < 4.78 is 10.1. The van der Waals surface area contributed by atoms with Crippen LogP contribution in [0.15, 0.2) is 0 Å². The van der Waals surface area contributed by atoms with Crippen LogP contribution in [0.3, 0.4) is 0 Å². The number of urea groups is 1. The molecule has 0 bridgehead atoms. The van der Waals surface area contributed by atoms with Gasteiger partial charge in [0.25, 0.3) is 0 Å². The largest absolute Gasteiger partial charge is 0.481 e. The summed E-state index contributed by atoms with van der Waals surface area (Å²) in [5.41, 5.74) is 0. The number of hydrogen-bond donors (Lipinski definition) is 2. The average Bonchev–Trinajstić information content (AvgIpc) is 2.79. The SMILES string of the molecule is COCCOCCCNC(=O)N1CCC(C(=O)O)C1C. The zero-order chi connectivity index (χ0) is 15.0. The molecule has 0 aliphatic carbocycles. The molecule has 1 heterocycles. The fourth-order valence-corrected chi connectivity index (χ4v) is 2.27. The molecular weight excluding hydrogens is 264 g/mol. The lowest BCUT2D eigenvalue weighted by atomic mass is 10.0. The van der Waals surface area contributed by atoms with E-state index in [9.17, 15) is 9.59 Å². The molecule has 7 nitrogen and oxygen atoms in total. The standard InChI is InChI=1S/C13H24N2O5/c1-10-11(12(16)17)4-6-15(10)13(18)14-5-3-7-20-9-8-19-2/h10-11H,3-9H2,1-2H3,(H,14,18)(H,16,17). The Kier molecular flexibility index (Phi) is 7.32. The van der Waals surface area contributed by atoms with Crippen molar-refractivity contribution in [1.29, 1.82) is 0 Å². The van der Waals surface area contributed by atoms with Crippen LogP contribution >= 0.6 is 0 Å². The van der Waals surface area contributed by atoms with E-state index < -0.39 is 11.9 Å². The number of ether oxygens (including phenoxy) is 2. The molecule has 1 aliphatic rings. The van der Waals surface area contributed by atoms with Gasteiger partial charge in [0.1, 0.15) is 0 Å². The topological polar surface area (TPSA) is 88.1 Å². The highest BCUT2D eigenvalue weighted by Gasteiger charge is 2.37. The molecule has 116 valence electrons. The van der Waals surface area contributed by atoms with E-state index in [1.807, 2.05) is 0 Å². The third-order valence-corrected chi connectivity index (χ3v) is 3.51. The van der Waals surface area contributed by atoms with Gasteiger partial charge in [-0.2, -0.15) is 0 Å². The van der Waals surface area contributed by atoms with Gasteiger partial charge in [-0.25, -0.2) is 4.79 Å². The Morgan fingerprint density at radius 1 is 1.35 bits per heavy atom. The molecule has 1 rings (SSSR count). The van der Waals surface area contributed by atoms with E-state index in [4.69, 9.17) is 14.6 Å². The fourth-order valence-electron chi connectivity index (χ4n) is 2.27.